The molecule has 1 heterocycles. The number of halogens is 1. The fraction of sp³-hybridized carbons (Fsp3) is 0.0455. The van der Waals surface area contributed by atoms with Crippen molar-refractivity contribution in [2.45, 2.75) is 6.92 Å². The number of benzene rings is 2. The molecule has 5 nitrogen and oxygen atoms in total. The summed E-state index contributed by atoms with van der Waals surface area (Å²) in [6, 6.07) is 13.6. The minimum absolute atomic E-state index is 0.0585. The molecule has 3 rings (SSSR count). The highest BCUT2D eigenvalue weighted by atomic mass is 79.9. The maximum Gasteiger partial charge on any atom is 0.167 e. The van der Waals surface area contributed by atoms with Crippen LogP contribution in [0.4, 0.5) is 0 Å². The fourth-order valence-electron chi connectivity index (χ4n) is 2.51. The number of para-hydroxylation sites is 2. The van der Waals surface area contributed by atoms with Crippen molar-refractivity contribution in [1.29, 1.82) is 0 Å². The van der Waals surface area contributed by atoms with E-state index >= 15 is 0 Å². The molecule has 0 atom stereocenters. The van der Waals surface area contributed by atoms with Crippen LogP contribution in [0.15, 0.2) is 77.8 Å². The van der Waals surface area contributed by atoms with Crippen LogP contribution < -0.4 is 0 Å². The van der Waals surface area contributed by atoms with Crippen LogP contribution in [0.25, 0.3) is 28.3 Å². The van der Waals surface area contributed by atoms with E-state index in [0.29, 0.717) is 34.2 Å². The summed E-state index contributed by atoms with van der Waals surface area (Å²) in [5, 5.41) is 20.5. The van der Waals surface area contributed by atoms with Gasteiger partial charge in [-0.3, -0.25) is 0 Å². The van der Waals surface area contributed by atoms with Gasteiger partial charge in [0.15, 0.2) is 17.5 Å². The van der Waals surface area contributed by atoms with Gasteiger partial charge >= 0.3 is 0 Å². The minimum atomic E-state index is 0.0585. The molecule has 6 heteroatoms. The van der Waals surface area contributed by atoms with Gasteiger partial charge in [-0.15, -0.1) is 0 Å². The first-order valence-corrected chi connectivity index (χ1v) is 9.28. The molecule has 0 fully saturated rings. The molecule has 140 valence electrons. The first-order valence-electron chi connectivity index (χ1n) is 8.49. The molecule has 0 unspecified atom stereocenters. The van der Waals surface area contributed by atoms with E-state index in [1.165, 1.54) is 0 Å². The average Bonchev–Trinajstić information content (AvgIpc) is 2.69. The minimum Gasteiger partial charge on any atom is -0.507 e. The molecule has 0 aliphatic carbocycles. The maximum atomic E-state index is 10.2. The van der Waals surface area contributed by atoms with Crippen molar-refractivity contribution < 1.29 is 10.2 Å². The van der Waals surface area contributed by atoms with E-state index in [1.54, 1.807) is 54.6 Å². The van der Waals surface area contributed by atoms with Crippen LogP contribution in [-0.2, 0) is 0 Å². The van der Waals surface area contributed by atoms with Gasteiger partial charge in [0.2, 0.25) is 0 Å². The molecule has 1 aromatic heterocycles. The Bertz CT molecular complexity index is 1020. The smallest absolute Gasteiger partial charge is 0.167 e. The van der Waals surface area contributed by atoms with Crippen LogP contribution in [0.2, 0.25) is 0 Å². The van der Waals surface area contributed by atoms with Gasteiger partial charge in [-0.1, -0.05) is 65.0 Å². The van der Waals surface area contributed by atoms with Crippen LogP contribution in [-0.4, -0.2) is 25.2 Å². The van der Waals surface area contributed by atoms with Gasteiger partial charge in [0.05, 0.1) is 11.1 Å². The predicted molar refractivity (Wildman–Crippen MR) is 115 cm³/mol. The number of phenolic OH excluding ortho intramolecular Hbond substituents is 2. The topological polar surface area (TPSA) is 79.1 Å². The van der Waals surface area contributed by atoms with Crippen molar-refractivity contribution in [3.63, 3.8) is 0 Å². The zero-order chi connectivity index (χ0) is 20.1. The monoisotopic (exact) mass is 435 g/mol. The van der Waals surface area contributed by atoms with E-state index < -0.39 is 0 Å². The molecule has 0 aliphatic rings. The predicted octanol–water partition coefficient (Wildman–Crippen LogP) is 5.48. The third kappa shape index (κ3) is 4.35. The summed E-state index contributed by atoms with van der Waals surface area (Å²) in [4.78, 5) is 13.5. The van der Waals surface area contributed by atoms with Crippen molar-refractivity contribution in [1.82, 2.24) is 15.0 Å². The van der Waals surface area contributed by atoms with Crippen LogP contribution >= 0.6 is 15.9 Å². The number of nitrogens with zero attached hydrogens (tertiary/aromatic N) is 3. The number of hydrogen-bond donors (Lipinski definition) is 2. The van der Waals surface area contributed by atoms with Crippen molar-refractivity contribution >= 4 is 21.5 Å². The second-order valence-electron chi connectivity index (χ2n) is 5.92. The summed E-state index contributed by atoms with van der Waals surface area (Å²) >= 11 is 3.39. The summed E-state index contributed by atoms with van der Waals surface area (Å²) in [5.41, 5.74) is 1.62. The van der Waals surface area contributed by atoms with Crippen molar-refractivity contribution in [3.05, 3.63) is 83.6 Å². The summed E-state index contributed by atoms with van der Waals surface area (Å²) in [6.45, 7) is 5.75. The van der Waals surface area contributed by atoms with E-state index in [4.69, 9.17) is 0 Å². The zero-order valence-corrected chi connectivity index (χ0v) is 16.8. The molecule has 3 aromatic rings. The Hall–Kier alpha value is -3.25. The van der Waals surface area contributed by atoms with Crippen LogP contribution in [0.5, 0.6) is 11.5 Å². The summed E-state index contributed by atoms with van der Waals surface area (Å²) in [7, 11) is 0. The zero-order valence-electron chi connectivity index (χ0n) is 15.2. The highest BCUT2D eigenvalue weighted by molar-refractivity contribution is 9.11. The van der Waals surface area contributed by atoms with Crippen molar-refractivity contribution in [3.8, 4) is 34.3 Å². The van der Waals surface area contributed by atoms with Crippen molar-refractivity contribution in [2.24, 2.45) is 0 Å². The van der Waals surface area contributed by atoms with Crippen molar-refractivity contribution in [2.75, 3.05) is 0 Å². The normalized spacial score (nSPS) is 12.1. The number of rotatable bonds is 5. The lowest BCUT2D eigenvalue weighted by atomic mass is 10.1. The summed E-state index contributed by atoms with van der Waals surface area (Å²) < 4.78 is 0.933. The molecule has 0 spiro atoms. The first kappa shape index (κ1) is 19.5. The van der Waals surface area contributed by atoms with Gasteiger partial charge in [-0.25, -0.2) is 15.0 Å². The Balaban J connectivity index is 2.27. The molecule has 2 aromatic carbocycles. The molecular weight excluding hydrogens is 418 g/mol. The van der Waals surface area contributed by atoms with Crippen LogP contribution in [0, 0.1) is 0 Å². The Morgan fingerprint density at radius 3 is 1.79 bits per heavy atom. The summed E-state index contributed by atoms with van der Waals surface area (Å²) in [6.07, 6.45) is 5.33. The van der Waals surface area contributed by atoms with Crippen LogP contribution in [0.1, 0.15) is 12.7 Å². The lowest BCUT2D eigenvalue weighted by molar-refractivity contribution is 0.477. The number of aromatic nitrogens is 3. The second-order valence-corrected chi connectivity index (χ2v) is 7.17. The Labute approximate surface area is 171 Å². The lowest BCUT2D eigenvalue weighted by Gasteiger charge is -2.10. The number of aromatic hydroxyl groups is 2. The Morgan fingerprint density at radius 1 is 0.857 bits per heavy atom. The standard InChI is InChI=1S/C22H18BrN3O2/c1-3-15(13-12-14(2)23)20-24-21(16-8-4-6-10-18(16)27)26-22(25-20)17-9-5-7-11-19(17)28/h3-13,27-28H,1H2,2H3/b14-12+,15-13+. The highest BCUT2D eigenvalue weighted by Gasteiger charge is 2.16. The van der Waals surface area contributed by atoms with E-state index in [9.17, 15) is 10.2 Å². The van der Waals surface area contributed by atoms with Gasteiger partial charge in [0.25, 0.3) is 0 Å². The largest absolute Gasteiger partial charge is 0.507 e. The molecule has 0 saturated heterocycles. The van der Waals surface area contributed by atoms with E-state index in [2.05, 4.69) is 37.5 Å². The molecule has 28 heavy (non-hydrogen) atoms. The summed E-state index contributed by atoms with van der Waals surface area (Å²) in [5.74, 6) is 1.10. The maximum absolute atomic E-state index is 10.2. The molecule has 0 bridgehead atoms. The van der Waals surface area contributed by atoms with E-state index in [-0.39, 0.29) is 11.5 Å². The van der Waals surface area contributed by atoms with Gasteiger partial charge in [-0.2, -0.15) is 0 Å². The van der Waals surface area contributed by atoms with E-state index in [1.807, 2.05) is 19.1 Å². The Morgan fingerprint density at radius 2 is 1.36 bits per heavy atom. The first-order chi connectivity index (χ1) is 13.5. The number of hydrogen-bond acceptors (Lipinski definition) is 5. The third-order valence-electron chi connectivity index (χ3n) is 3.90. The quantitative estimate of drug-likeness (QED) is 0.518. The molecule has 0 aliphatic heterocycles. The molecule has 0 radical (unpaired) electrons. The third-order valence-corrected chi connectivity index (χ3v) is 4.16. The van der Waals surface area contributed by atoms with Gasteiger partial charge < -0.3 is 10.2 Å². The Kier molecular flexibility index (Phi) is 6.01. The molecule has 0 saturated carbocycles. The van der Waals surface area contributed by atoms with E-state index in [0.717, 1.165) is 4.48 Å². The van der Waals surface area contributed by atoms with Gasteiger partial charge in [0.1, 0.15) is 11.5 Å². The number of allylic oxidation sites excluding steroid dienone is 5. The van der Waals surface area contributed by atoms with Gasteiger partial charge in [0, 0.05) is 5.57 Å². The lowest BCUT2D eigenvalue weighted by Crippen LogP contribution is -2.02. The molecule has 0 amide bonds. The van der Waals surface area contributed by atoms with Crippen LogP contribution in [0.3, 0.4) is 0 Å². The molecule has 2 N–H and O–H groups in total. The number of phenols is 2. The fourth-order valence-corrected chi connectivity index (χ4v) is 2.64. The van der Waals surface area contributed by atoms with Gasteiger partial charge in [-0.05, 0) is 35.7 Å². The second kappa shape index (κ2) is 8.63. The SMILES string of the molecule is C=C/C(=C\C=C(/C)Br)c1nc(-c2ccccc2O)nc(-c2ccccc2O)n1. The average molecular weight is 436 g/mol. The highest BCUT2D eigenvalue weighted by Crippen LogP contribution is 2.31. The molecular formula is C22H18BrN3O2.